The van der Waals surface area contributed by atoms with Gasteiger partial charge in [-0.25, -0.2) is 13.1 Å². The molecule has 1 rings (SSSR count). The van der Waals surface area contributed by atoms with Crippen LogP contribution in [0.4, 0.5) is 0 Å². The van der Waals surface area contributed by atoms with Crippen molar-refractivity contribution in [1.82, 2.24) is 10.0 Å². The molecule has 1 aromatic carbocycles. The summed E-state index contributed by atoms with van der Waals surface area (Å²) in [4.78, 5) is 12.4. The topological polar surface area (TPSA) is 111 Å². The van der Waals surface area contributed by atoms with E-state index in [1.54, 1.807) is 0 Å². The van der Waals surface area contributed by atoms with Gasteiger partial charge in [-0.3, -0.25) is 4.79 Å². The average Bonchev–Trinajstić information content (AvgIpc) is 2.59. The first-order valence-electron chi connectivity index (χ1n) is 7.43. The zero-order valence-electron chi connectivity index (χ0n) is 14.0. The largest absolute Gasteiger partial charge is 0.495 e. The standard InChI is InChI=1S/C15H25N3O4S/c1-5-15(6-2,10-16)18-14(19)11-7-8-12(22-4)13(9-11)23(20,21)17-3/h7-9,17H,5-6,10,16H2,1-4H3,(H,18,19). The summed E-state index contributed by atoms with van der Waals surface area (Å²) in [6, 6.07) is 4.28. The van der Waals surface area contributed by atoms with Crippen molar-refractivity contribution >= 4 is 15.9 Å². The molecule has 0 aliphatic heterocycles. The van der Waals surface area contributed by atoms with Crippen molar-refractivity contribution < 1.29 is 17.9 Å². The molecule has 4 N–H and O–H groups in total. The lowest BCUT2D eigenvalue weighted by Crippen LogP contribution is -2.52. The van der Waals surface area contributed by atoms with Gasteiger partial charge in [0.25, 0.3) is 5.91 Å². The number of carbonyl (C=O) groups is 1. The summed E-state index contributed by atoms with van der Waals surface area (Å²) in [7, 11) is -1.06. The second-order valence-corrected chi connectivity index (χ2v) is 7.07. The van der Waals surface area contributed by atoms with Crippen LogP contribution in [-0.2, 0) is 10.0 Å². The van der Waals surface area contributed by atoms with E-state index in [1.165, 1.54) is 32.4 Å². The third-order valence-corrected chi connectivity index (χ3v) is 5.54. The molecule has 0 saturated carbocycles. The monoisotopic (exact) mass is 343 g/mol. The summed E-state index contributed by atoms with van der Waals surface area (Å²) in [5.41, 5.74) is 5.52. The van der Waals surface area contributed by atoms with E-state index in [0.717, 1.165) is 0 Å². The summed E-state index contributed by atoms with van der Waals surface area (Å²) in [5.74, 6) is -0.193. The Kier molecular flexibility index (Phi) is 6.55. The van der Waals surface area contributed by atoms with Crippen molar-refractivity contribution in [2.75, 3.05) is 20.7 Å². The first-order chi connectivity index (χ1) is 10.8. The van der Waals surface area contributed by atoms with Gasteiger partial charge in [0.05, 0.1) is 12.6 Å². The molecule has 0 radical (unpaired) electrons. The summed E-state index contributed by atoms with van der Waals surface area (Å²) < 4.78 is 31.4. The van der Waals surface area contributed by atoms with Gasteiger partial charge in [0, 0.05) is 12.1 Å². The summed E-state index contributed by atoms with van der Waals surface area (Å²) in [5, 5.41) is 2.91. The first kappa shape index (κ1) is 19.4. The van der Waals surface area contributed by atoms with E-state index >= 15 is 0 Å². The Bertz CT molecular complexity index is 646. The van der Waals surface area contributed by atoms with Gasteiger partial charge in [0.15, 0.2) is 0 Å². The lowest BCUT2D eigenvalue weighted by molar-refractivity contribution is 0.0895. The third kappa shape index (κ3) is 4.21. The average molecular weight is 343 g/mol. The number of rotatable bonds is 8. The summed E-state index contributed by atoms with van der Waals surface area (Å²) in [6.07, 6.45) is 1.37. The number of sulfonamides is 1. The van der Waals surface area contributed by atoms with Crippen LogP contribution in [0.3, 0.4) is 0 Å². The van der Waals surface area contributed by atoms with Crippen molar-refractivity contribution in [1.29, 1.82) is 0 Å². The molecule has 130 valence electrons. The van der Waals surface area contributed by atoms with Gasteiger partial charge in [-0.05, 0) is 38.1 Å². The zero-order valence-corrected chi connectivity index (χ0v) is 14.8. The molecular weight excluding hydrogens is 318 g/mol. The van der Waals surface area contributed by atoms with Crippen LogP contribution in [0.5, 0.6) is 5.75 Å². The normalized spacial score (nSPS) is 12.0. The van der Waals surface area contributed by atoms with Crippen LogP contribution in [-0.4, -0.2) is 40.6 Å². The van der Waals surface area contributed by atoms with E-state index < -0.39 is 15.6 Å². The van der Waals surface area contributed by atoms with Crippen molar-refractivity contribution in [2.45, 2.75) is 37.1 Å². The van der Waals surface area contributed by atoms with Crippen LogP contribution in [0.15, 0.2) is 23.1 Å². The highest BCUT2D eigenvalue weighted by Gasteiger charge is 2.28. The second-order valence-electron chi connectivity index (χ2n) is 5.22. The molecule has 0 heterocycles. The number of hydrogen-bond acceptors (Lipinski definition) is 5. The Morgan fingerprint density at radius 3 is 2.35 bits per heavy atom. The summed E-state index contributed by atoms with van der Waals surface area (Å²) in [6.45, 7) is 4.20. The van der Waals surface area contributed by atoms with Crippen LogP contribution in [0, 0.1) is 0 Å². The number of benzene rings is 1. The van der Waals surface area contributed by atoms with Crippen molar-refractivity contribution in [3.05, 3.63) is 23.8 Å². The van der Waals surface area contributed by atoms with Crippen LogP contribution < -0.4 is 20.5 Å². The van der Waals surface area contributed by atoms with Crippen molar-refractivity contribution in [3.63, 3.8) is 0 Å². The quantitative estimate of drug-likeness (QED) is 0.648. The molecule has 0 saturated heterocycles. The number of methoxy groups -OCH3 is 1. The zero-order chi connectivity index (χ0) is 17.7. The number of amides is 1. The highest BCUT2D eigenvalue weighted by molar-refractivity contribution is 7.89. The van der Waals surface area contributed by atoms with E-state index in [4.69, 9.17) is 10.5 Å². The Labute approximate surface area is 137 Å². The molecule has 1 aromatic rings. The molecule has 0 spiro atoms. The molecule has 8 heteroatoms. The smallest absolute Gasteiger partial charge is 0.251 e. The summed E-state index contributed by atoms with van der Waals surface area (Å²) >= 11 is 0. The molecule has 0 atom stereocenters. The minimum Gasteiger partial charge on any atom is -0.495 e. The van der Waals surface area contributed by atoms with Gasteiger partial charge in [0.2, 0.25) is 10.0 Å². The molecule has 0 aliphatic rings. The van der Waals surface area contributed by atoms with Gasteiger partial charge >= 0.3 is 0 Å². The van der Waals surface area contributed by atoms with Gasteiger partial charge in [0.1, 0.15) is 10.6 Å². The van der Waals surface area contributed by atoms with E-state index in [-0.39, 0.29) is 22.1 Å². The molecule has 0 unspecified atom stereocenters. The van der Waals surface area contributed by atoms with Crippen LogP contribution in [0.1, 0.15) is 37.0 Å². The van der Waals surface area contributed by atoms with Gasteiger partial charge in [-0.2, -0.15) is 0 Å². The second kappa shape index (κ2) is 7.76. The molecular formula is C15H25N3O4S. The Morgan fingerprint density at radius 1 is 1.30 bits per heavy atom. The molecule has 1 amide bonds. The molecule has 7 nitrogen and oxygen atoms in total. The number of hydrogen-bond donors (Lipinski definition) is 3. The molecule has 0 aromatic heterocycles. The van der Waals surface area contributed by atoms with E-state index in [2.05, 4.69) is 10.0 Å². The fraction of sp³-hybridized carbons (Fsp3) is 0.533. The lowest BCUT2D eigenvalue weighted by atomic mass is 9.92. The van der Waals surface area contributed by atoms with Crippen molar-refractivity contribution in [2.24, 2.45) is 5.73 Å². The molecule has 0 aliphatic carbocycles. The molecule has 23 heavy (non-hydrogen) atoms. The Morgan fingerprint density at radius 2 is 1.91 bits per heavy atom. The highest BCUT2D eigenvalue weighted by Crippen LogP contribution is 2.25. The van der Waals surface area contributed by atoms with Crippen LogP contribution in [0.2, 0.25) is 0 Å². The maximum atomic E-state index is 12.5. The van der Waals surface area contributed by atoms with E-state index in [0.29, 0.717) is 19.4 Å². The van der Waals surface area contributed by atoms with Crippen LogP contribution in [0.25, 0.3) is 0 Å². The Balaban J connectivity index is 3.24. The van der Waals surface area contributed by atoms with E-state index in [9.17, 15) is 13.2 Å². The fourth-order valence-electron chi connectivity index (χ4n) is 2.22. The fourth-order valence-corrected chi connectivity index (χ4v) is 3.14. The number of nitrogens with two attached hydrogens (primary N) is 1. The number of carbonyl (C=O) groups excluding carboxylic acids is 1. The third-order valence-electron chi connectivity index (χ3n) is 4.11. The predicted molar refractivity (Wildman–Crippen MR) is 89.1 cm³/mol. The molecule has 0 fully saturated rings. The minimum atomic E-state index is -3.74. The predicted octanol–water partition coefficient (Wildman–Crippen LogP) is 0.851. The highest BCUT2D eigenvalue weighted by atomic mass is 32.2. The van der Waals surface area contributed by atoms with Gasteiger partial charge in [-0.15, -0.1) is 0 Å². The Hall–Kier alpha value is -1.64. The number of ether oxygens (including phenoxy) is 1. The number of nitrogens with one attached hydrogen (secondary N) is 2. The maximum Gasteiger partial charge on any atom is 0.251 e. The minimum absolute atomic E-state index is 0.0819. The first-order valence-corrected chi connectivity index (χ1v) is 8.91. The van der Waals surface area contributed by atoms with Gasteiger partial charge in [-0.1, -0.05) is 13.8 Å². The van der Waals surface area contributed by atoms with Gasteiger partial charge < -0.3 is 15.8 Å². The van der Waals surface area contributed by atoms with Crippen molar-refractivity contribution in [3.8, 4) is 5.75 Å². The maximum absolute atomic E-state index is 12.5. The van der Waals surface area contributed by atoms with E-state index in [1.807, 2.05) is 13.8 Å². The molecule has 0 bridgehead atoms. The van der Waals surface area contributed by atoms with Crippen LogP contribution >= 0.6 is 0 Å². The lowest BCUT2D eigenvalue weighted by Gasteiger charge is -2.31. The SMILES string of the molecule is CCC(CC)(CN)NC(=O)c1ccc(OC)c(S(=O)(=O)NC)c1.